The van der Waals surface area contributed by atoms with E-state index < -0.39 is 5.95 Å². The first-order valence-corrected chi connectivity index (χ1v) is 19.9. The average Bonchev–Trinajstić information content (AvgIpc) is 3.93. The summed E-state index contributed by atoms with van der Waals surface area (Å²) in [7, 11) is 7.08. The molecule has 1 atom stereocenters. The van der Waals surface area contributed by atoms with Gasteiger partial charge in [0.2, 0.25) is 5.95 Å². The Bertz CT molecular complexity index is 2220. The first kappa shape index (κ1) is 46.2. The van der Waals surface area contributed by atoms with E-state index in [4.69, 9.17) is 39.1 Å². The van der Waals surface area contributed by atoms with Gasteiger partial charge in [0.15, 0.2) is 0 Å². The molecule has 1 aliphatic heterocycles. The normalized spacial score (nSPS) is 14.6. The predicted octanol–water partition coefficient (Wildman–Crippen LogP) is 9.99. The van der Waals surface area contributed by atoms with Crippen molar-refractivity contribution in [1.82, 2.24) is 9.97 Å². The van der Waals surface area contributed by atoms with Crippen LogP contribution in [-0.4, -0.2) is 69.4 Å². The third-order valence-corrected chi connectivity index (χ3v) is 10.5. The van der Waals surface area contributed by atoms with Crippen LogP contribution in [0.5, 0.6) is 11.5 Å². The van der Waals surface area contributed by atoms with E-state index in [2.05, 4.69) is 47.5 Å². The minimum absolute atomic E-state index is 0. The molecule has 2 aromatic heterocycles. The number of nitrogens with zero attached hydrogens (tertiary/aromatic N) is 3. The van der Waals surface area contributed by atoms with Crippen LogP contribution in [0.15, 0.2) is 122 Å². The van der Waals surface area contributed by atoms with E-state index in [1.54, 1.807) is 26.5 Å². The number of rotatable bonds is 9. The van der Waals surface area contributed by atoms with Gasteiger partial charge in [-0.1, -0.05) is 84.6 Å². The first-order valence-electron chi connectivity index (χ1n) is 19.8. The smallest absolute Gasteiger partial charge is 0.212 e. The number of aliphatic hydroxyl groups excluding tert-OH is 2. The summed E-state index contributed by atoms with van der Waals surface area (Å²) in [4.78, 5) is 10.4. The number of methoxy groups -OCH3 is 2. The number of β-amino-alcohol motifs (C(OH)–C–C–N with tert-alkyl or cyclic N) is 1. The molecular weight excluding hydrogens is 1010 g/mol. The van der Waals surface area contributed by atoms with Crippen molar-refractivity contribution < 1.29 is 55.2 Å². The molecule has 1 aliphatic carbocycles. The molecule has 3 heterocycles. The number of aliphatic hydroxyl groups is 2. The molecule has 1 saturated heterocycles. The van der Waals surface area contributed by atoms with Crippen molar-refractivity contribution in [3.8, 4) is 33.8 Å². The molecule has 59 heavy (non-hydrogen) atoms. The zero-order valence-electron chi connectivity index (χ0n) is 34.3. The van der Waals surface area contributed by atoms with Gasteiger partial charge in [-0.15, -0.1) is 0 Å². The summed E-state index contributed by atoms with van der Waals surface area (Å²) in [5, 5.41) is 19.8. The SMILES string of the molecule is COc1ccc(Cc2ccc(F)nc2)cc1-c1cccc(Cl)c1.COc1ccc(Cc2ccc(N3CCC(O)C3)nc2)cc1-c1cccc(Cl)c1.OC1CCCC1.[2H][B].[U]. The van der Waals surface area contributed by atoms with Crippen LogP contribution in [-0.2, 0) is 12.8 Å². The zero-order valence-corrected chi connectivity index (χ0v) is 39.0. The van der Waals surface area contributed by atoms with E-state index in [9.17, 15) is 9.50 Å². The second-order valence-electron chi connectivity index (χ2n) is 14.3. The number of anilines is 1. The number of pyridine rings is 2. The molecule has 2 aliphatic rings. The molecule has 12 heteroatoms. The minimum atomic E-state index is -0.469. The van der Waals surface area contributed by atoms with Gasteiger partial charge in [0, 0.05) is 86.1 Å². The third kappa shape index (κ3) is 14.1. The standard InChI is InChI=1S/C23H23ClN2O2.C19H15ClFNO.C5H10O.BH.U/c1-28-22-7-5-16(12-21(22)18-3-2-4-19(24)13-18)11-17-6-8-23(25-14-17)26-10-9-20(27)15-26;1-23-18-7-5-13(9-14-6-8-19(21)22-12-14)10-17(18)15-3-2-4-16(20)11-15;6-5-3-1-2-4-5;;/h2-8,12-14,20,27H,9-11,15H2,1H3;2-8,10-12H,9H2,1H3;5-6H,1-4H2;1H;/i;;;1D;. The predicted molar refractivity (Wildman–Crippen MR) is 235 cm³/mol. The second kappa shape index (κ2) is 23.8. The van der Waals surface area contributed by atoms with Crippen LogP contribution >= 0.6 is 23.2 Å². The Labute approximate surface area is 384 Å². The first-order chi connectivity index (χ1) is 28.7. The number of aromatic nitrogens is 2. The fourth-order valence-corrected chi connectivity index (χ4v) is 7.42. The van der Waals surface area contributed by atoms with Crippen LogP contribution in [0.25, 0.3) is 22.3 Å². The monoisotopic (exact) mass is 1060 g/mol. The topological polar surface area (TPSA) is 87.9 Å². The molecule has 7 nitrogen and oxygen atoms in total. The van der Waals surface area contributed by atoms with Gasteiger partial charge in [-0.3, -0.25) is 0 Å². The maximum Gasteiger partial charge on any atom is 0.212 e. The summed E-state index contributed by atoms with van der Waals surface area (Å²) in [5.74, 6) is 2.07. The van der Waals surface area contributed by atoms with Crippen molar-refractivity contribution in [3.05, 3.63) is 160 Å². The Balaban J connectivity index is 0.000000223. The Morgan fingerprint density at radius 3 is 1.58 bits per heavy atom. The Morgan fingerprint density at radius 1 is 0.678 bits per heavy atom. The van der Waals surface area contributed by atoms with E-state index >= 15 is 0 Å². The van der Waals surface area contributed by atoms with Crippen molar-refractivity contribution in [2.45, 2.75) is 57.2 Å². The van der Waals surface area contributed by atoms with Crippen molar-refractivity contribution in [1.29, 1.82) is 1.34 Å². The molecule has 4 aromatic carbocycles. The number of ether oxygens (including phenoxy) is 2. The molecule has 8 rings (SSSR count). The van der Waals surface area contributed by atoms with Gasteiger partial charge in [0.1, 0.15) is 17.3 Å². The minimum Gasteiger partial charge on any atom is -0.496 e. The largest absolute Gasteiger partial charge is 0.496 e. The quantitative estimate of drug-likeness (QED) is 0.110. The molecule has 2 radical (unpaired) electrons. The van der Waals surface area contributed by atoms with Gasteiger partial charge in [-0.2, -0.15) is 4.39 Å². The molecule has 0 amide bonds. The molecule has 6 aromatic rings. The average molecular weight is 1060 g/mol. The van der Waals surface area contributed by atoms with Crippen LogP contribution in [0.1, 0.15) is 54.4 Å². The molecule has 0 bridgehead atoms. The molecule has 1 saturated carbocycles. The van der Waals surface area contributed by atoms with E-state index in [1.165, 1.54) is 24.5 Å². The van der Waals surface area contributed by atoms with Gasteiger partial charge in [0.05, 0.1) is 26.4 Å². The molecule has 2 fully saturated rings. The maximum absolute atomic E-state index is 12.9. The van der Waals surface area contributed by atoms with Gasteiger partial charge < -0.3 is 24.6 Å². The van der Waals surface area contributed by atoms with E-state index in [-0.39, 0.29) is 43.3 Å². The van der Waals surface area contributed by atoms with E-state index in [0.29, 0.717) is 23.0 Å². The summed E-state index contributed by atoms with van der Waals surface area (Å²) in [5.41, 5.74) is 8.40. The number of hydrogen-bond acceptors (Lipinski definition) is 7. The summed E-state index contributed by atoms with van der Waals surface area (Å²) in [6.45, 7) is 1.52. The summed E-state index contributed by atoms with van der Waals surface area (Å²) >= 11 is 12.3. The Hall–Kier alpha value is -3.87. The zero-order chi connectivity index (χ0) is 42.1. The summed E-state index contributed by atoms with van der Waals surface area (Å²) < 4.78 is 29.2. The number of hydrogen-bond donors (Lipinski definition) is 2. The summed E-state index contributed by atoms with van der Waals surface area (Å²) in [6.07, 6.45) is 10.1. The van der Waals surface area contributed by atoms with Crippen molar-refractivity contribution in [2.24, 2.45) is 0 Å². The number of benzene rings is 4. The molecule has 1 unspecified atom stereocenters. The van der Waals surface area contributed by atoms with Crippen LogP contribution in [0, 0.1) is 37.1 Å². The molecular formula is C47H49BCl2FN3O4U. The Morgan fingerprint density at radius 2 is 1.19 bits per heavy atom. The summed E-state index contributed by atoms with van der Waals surface area (Å²) in [6, 6.07) is 34.9. The maximum atomic E-state index is 12.9. The van der Waals surface area contributed by atoms with Gasteiger partial charge >= 0.3 is 0 Å². The molecule has 0 spiro atoms. The molecule has 304 valence electrons. The van der Waals surface area contributed by atoms with Gasteiger partial charge in [-0.25, -0.2) is 9.97 Å². The molecule has 2 N–H and O–H groups in total. The van der Waals surface area contributed by atoms with Crippen LogP contribution in [0.3, 0.4) is 0 Å². The van der Waals surface area contributed by atoms with Crippen molar-refractivity contribution in [2.75, 3.05) is 32.2 Å². The van der Waals surface area contributed by atoms with Gasteiger partial charge in [0.25, 0.3) is 0 Å². The van der Waals surface area contributed by atoms with Crippen LogP contribution < -0.4 is 14.4 Å². The number of halogens is 3. The van der Waals surface area contributed by atoms with E-state index in [0.717, 1.165) is 88.5 Å². The van der Waals surface area contributed by atoms with Crippen LogP contribution in [0.4, 0.5) is 10.2 Å². The fraction of sp³-hybridized carbons (Fsp3) is 0.277. The van der Waals surface area contributed by atoms with Gasteiger partial charge in [-0.05, 0) is 127 Å². The Kier molecular flexibility index (Phi) is 18.6. The fourth-order valence-electron chi connectivity index (χ4n) is 7.04. The van der Waals surface area contributed by atoms with Crippen molar-refractivity contribution in [3.63, 3.8) is 0 Å². The van der Waals surface area contributed by atoms with Crippen molar-refractivity contribution >= 4 is 37.4 Å². The third-order valence-electron chi connectivity index (χ3n) is 10.0. The van der Waals surface area contributed by atoms with Crippen LogP contribution in [0.2, 0.25) is 10.0 Å². The second-order valence-corrected chi connectivity index (χ2v) is 15.2. The van der Waals surface area contributed by atoms with E-state index in [1.807, 2.05) is 79.0 Å².